The lowest BCUT2D eigenvalue weighted by atomic mass is 10.2. The van der Waals surface area contributed by atoms with Gasteiger partial charge in [-0.05, 0) is 26.6 Å². The molecule has 3 aromatic heterocycles. The number of pyridine rings is 1. The van der Waals surface area contributed by atoms with Crippen LogP contribution in [0.3, 0.4) is 0 Å². The lowest BCUT2D eigenvalue weighted by molar-refractivity contribution is 0.187. The Labute approximate surface area is 157 Å². The fraction of sp³-hybridized carbons (Fsp3) is 0.444. The number of imidazole rings is 1. The lowest BCUT2D eigenvalue weighted by Crippen LogP contribution is -2.19. The summed E-state index contributed by atoms with van der Waals surface area (Å²) in [6.07, 6.45) is 4.26. The van der Waals surface area contributed by atoms with Crippen molar-refractivity contribution in [3.63, 3.8) is 0 Å². The first-order valence-corrected chi connectivity index (χ1v) is 8.77. The van der Waals surface area contributed by atoms with Crippen LogP contribution < -0.4 is 10.4 Å². The first-order valence-electron chi connectivity index (χ1n) is 8.77. The van der Waals surface area contributed by atoms with E-state index < -0.39 is 0 Å². The molecular weight excluding hydrogens is 348 g/mol. The summed E-state index contributed by atoms with van der Waals surface area (Å²) >= 11 is 0. The maximum absolute atomic E-state index is 12.0. The van der Waals surface area contributed by atoms with Crippen LogP contribution in [-0.4, -0.2) is 70.4 Å². The minimum atomic E-state index is -0.251. The molecule has 0 spiro atoms. The van der Waals surface area contributed by atoms with Gasteiger partial charge in [-0.25, -0.2) is 19.7 Å². The number of hydrogen-bond acceptors (Lipinski definition) is 7. The molecule has 0 aliphatic rings. The standard InChI is InChI=1S/C18H24N6O3/c1-23(2)7-4-9-27-15-6-5-13(11-19-15)14-12-20-17-16(21-14)22-18(25)24(17)8-10-26-3/h5-6,11-12H,4,7-10H2,1-3H3,(H,21,22,25). The average molecular weight is 372 g/mol. The second-order valence-electron chi connectivity index (χ2n) is 6.39. The van der Waals surface area contributed by atoms with Crippen LogP contribution in [0.1, 0.15) is 6.42 Å². The monoisotopic (exact) mass is 372 g/mol. The van der Waals surface area contributed by atoms with Crippen molar-refractivity contribution in [2.24, 2.45) is 0 Å². The van der Waals surface area contributed by atoms with Gasteiger partial charge in [-0.1, -0.05) is 0 Å². The Balaban J connectivity index is 1.72. The number of nitrogens with zero attached hydrogens (tertiary/aromatic N) is 5. The summed E-state index contributed by atoms with van der Waals surface area (Å²) in [7, 11) is 5.65. The van der Waals surface area contributed by atoms with E-state index in [1.54, 1.807) is 19.5 Å². The maximum Gasteiger partial charge on any atom is 0.328 e. The van der Waals surface area contributed by atoms with Gasteiger partial charge < -0.3 is 14.4 Å². The number of rotatable bonds is 9. The number of ether oxygens (including phenoxy) is 2. The number of aromatic nitrogens is 5. The number of H-pyrrole nitrogens is 1. The van der Waals surface area contributed by atoms with Gasteiger partial charge in [0.15, 0.2) is 11.3 Å². The van der Waals surface area contributed by atoms with Crippen LogP contribution in [0.2, 0.25) is 0 Å². The Morgan fingerprint density at radius 1 is 1.19 bits per heavy atom. The molecule has 0 fully saturated rings. The Hall–Kier alpha value is -2.78. The summed E-state index contributed by atoms with van der Waals surface area (Å²) in [6, 6.07) is 3.69. The van der Waals surface area contributed by atoms with E-state index in [1.165, 1.54) is 4.57 Å². The highest BCUT2D eigenvalue weighted by atomic mass is 16.5. The van der Waals surface area contributed by atoms with Crippen LogP contribution in [-0.2, 0) is 11.3 Å². The number of nitrogens with one attached hydrogen (secondary N) is 1. The quantitative estimate of drug-likeness (QED) is 0.563. The minimum Gasteiger partial charge on any atom is -0.478 e. The highest BCUT2D eigenvalue weighted by Gasteiger charge is 2.11. The summed E-state index contributed by atoms with van der Waals surface area (Å²) in [6.45, 7) is 2.43. The molecule has 0 bridgehead atoms. The Kier molecular flexibility index (Phi) is 6.15. The van der Waals surface area contributed by atoms with Gasteiger partial charge in [-0.15, -0.1) is 0 Å². The zero-order chi connectivity index (χ0) is 19.2. The lowest BCUT2D eigenvalue weighted by Gasteiger charge is -2.10. The van der Waals surface area contributed by atoms with Crippen molar-refractivity contribution in [1.29, 1.82) is 0 Å². The van der Waals surface area contributed by atoms with Gasteiger partial charge in [-0.2, -0.15) is 0 Å². The highest BCUT2D eigenvalue weighted by molar-refractivity contribution is 5.70. The first kappa shape index (κ1) is 19.0. The van der Waals surface area contributed by atoms with Crippen molar-refractivity contribution in [2.75, 3.05) is 41.0 Å². The molecule has 0 unspecified atom stereocenters. The largest absolute Gasteiger partial charge is 0.478 e. The molecule has 9 nitrogen and oxygen atoms in total. The molecule has 27 heavy (non-hydrogen) atoms. The molecule has 0 aromatic carbocycles. The van der Waals surface area contributed by atoms with E-state index in [4.69, 9.17) is 9.47 Å². The van der Waals surface area contributed by atoms with Crippen molar-refractivity contribution in [2.45, 2.75) is 13.0 Å². The highest BCUT2D eigenvalue weighted by Crippen LogP contribution is 2.19. The third-order valence-corrected chi connectivity index (χ3v) is 4.03. The molecule has 1 N–H and O–H groups in total. The SMILES string of the molecule is COCCn1c(=O)[nH]c2nc(-c3ccc(OCCCN(C)C)nc3)cnc21. The van der Waals surface area contributed by atoms with Crippen LogP contribution in [0.5, 0.6) is 5.88 Å². The van der Waals surface area contributed by atoms with Crippen LogP contribution in [0.4, 0.5) is 0 Å². The summed E-state index contributed by atoms with van der Waals surface area (Å²) in [5.74, 6) is 0.575. The molecule has 0 aliphatic heterocycles. The molecule has 9 heteroatoms. The summed E-state index contributed by atoms with van der Waals surface area (Å²) in [5.41, 5.74) is 2.14. The van der Waals surface area contributed by atoms with E-state index in [0.717, 1.165) is 18.5 Å². The number of hydrogen-bond donors (Lipinski definition) is 1. The number of fused-ring (bicyclic) bond motifs is 1. The van der Waals surface area contributed by atoms with Crippen LogP contribution >= 0.6 is 0 Å². The summed E-state index contributed by atoms with van der Waals surface area (Å²) in [4.78, 5) is 30.1. The summed E-state index contributed by atoms with van der Waals surface area (Å²) in [5, 5.41) is 0. The van der Waals surface area contributed by atoms with Crippen molar-refractivity contribution in [1.82, 2.24) is 29.4 Å². The van der Waals surface area contributed by atoms with Gasteiger partial charge in [0.1, 0.15) is 0 Å². The summed E-state index contributed by atoms with van der Waals surface area (Å²) < 4.78 is 12.2. The molecule has 0 saturated carbocycles. The minimum absolute atomic E-state index is 0.251. The number of methoxy groups -OCH3 is 1. The van der Waals surface area contributed by atoms with Crippen LogP contribution in [0.15, 0.2) is 29.3 Å². The van der Waals surface area contributed by atoms with E-state index in [-0.39, 0.29) is 5.69 Å². The van der Waals surface area contributed by atoms with E-state index in [9.17, 15) is 4.79 Å². The second kappa shape index (κ2) is 8.74. The normalized spacial score (nSPS) is 11.4. The topological polar surface area (TPSA) is 98.2 Å². The van der Waals surface area contributed by atoms with Gasteiger partial charge in [0.25, 0.3) is 0 Å². The molecule has 0 amide bonds. The molecule has 0 aliphatic carbocycles. The van der Waals surface area contributed by atoms with Crippen molar-refractivity contribution < 1.29 is 9.47 Å². The fourth-order valence-corrected chi connectivity index (χ4v) is 2.63. The Morgan fingerprint density at radius 2 is 2.04 bits per heavy atom. The van der Waals surface area contributed by atoms with Gasteiger partial charge in [0, 0.05) is 31.5 Å². The van der Waals surface area contributed by atoms with Gasteiger partial charge in [0.2, 0.25) is 5.88 Å². The zero-order valence-electron chi connectivity index (χ0n) is 15.8. The molecule has 0 atom stereocenters. The van der Waals surface area contributed by atoms with Crippen molar-refractivity contribution >= 4 is 11.3 Å². The smallest absolute Gasteiger partial charge is 0.328 e. The maximum atomic E-state index is 12.0. The van der Waals surface area contributed by atoms with Gasteiger partial charge in [-0.3, -0.25) is 9.55 Å². The third-order valence-electron chi connectivity index (χ3n) is 4.03. The Bertz CT molecular complexity index is 932. The van der Waals surface area contributed by atoms with E-state index in [2.05, 4.69) is 24.8 Å². The van der Waals surface area contributed by atoms with E-state index in [0.29, 0.717) is 42.6 Å². The predicted octanol–water partition coefficient (Wildman–Crippen LogP) is 1.16. The van der Waals surface area contributed by atoms with Crippen molar-refractivity contribution in [3.8, 4) is 17.1 Å². The zero-order valence-corrected chi connectivity index (χ0v) is 15.8. The molecule has 3 heterocycles. The molecule has 0 radical (unpaired) electrons. The fourth-order valence-electron chi connectivity index (χ4n) is 2.63. The molecular formula is C18H24N6O3. The van der Waals surface area contributed by atoms with Crippen LogP contribution in [0, 0.1) is 0 Å². The Morgan fingerprint density at radius 3 is 2.74 bits per heavy atom. The van der Waals surface area contributed by atoms with E-state index >= 15 is 0 Å². The van der Waals surface area contributed by atoms with Gasteiger partial charge in [0.05, 0.1) is 31.6 Å². The van der Waals surface area contributed by atoms with Crippen LogP contribution in [0.25, 0.3) is 22.6 Å². The van der Waals surface area contributed by atoms with E-state index in [1.807, 2.05) is 26.2 Å². The van der Waals surface area contributed by atoms with Crippen molar-refractivity contribution in [3.05, 3.63) is 35.0 Å². The molecule has 144 valence electrons. The van der Waals surface area contributed by atoms with Gasteiger partial charge >= 0.3 is 5.69 Å². The first-order chi connectivity index (χ1) is 13.1. The molecule has 0 saturated heterocycles. The second-order valence-corrected chi connectivity index (χ2v) is 6.39. The number of aromatic amines is 1. The third kappa shape index (κ3) is 4.69. The average Bonchev–Trinajstić information content (AvgIpc) is 2.98. The molecule has 3 rings (SSSR count). The predicted molar refractivity (Wildman–Crippen MR) is 102 cm³/mol. The molecule has 3 aromatic rings.